The number of benzene rings is 1. The monoisotopic (exact) mass is 277 g/mol. The van der Waals surface area contributed by atoms with Gasteiger partial charge in [0, 0.05) is 6.54 Å². The van der Waals surface area contributed by atoms with Crippen LogP contribution in [0.4, 0.5) is 0 Å². The molecule has 20 heavy (non-hydrogen) atoms. The molecule has 1 rings (SSSR count). The van der Waals surface area contributed by atoms with Gasteiger partial charge in [0.05, 0.1) is 0 Å². The average molecular weight is 277 g/mol. The third-order valence-corrected chi connectivity index (χ3v) is 3.50. The maximum atomic E-state index is 6.20. The Kier molecular flexibility index (Phi) is 6.54. The fraction of sp³-hybridized carbons (Fsp3) is 0.667. The van der Waals surface area contributed by atoms with E-state index in [-0.39, 0.29) is 11.5 Å². The predicted octanol–water partition coefficient (Wildman–Crippen LogP) is 4.39. The van der Waals surface area contributed by atoms with E-state index in [4.69, 9.17) is 4.74 Å². The highest BCUT2D eigenvalue weighted by Crippen LogP contribution is 2.26. The van der Waals surface area contributed by atoms with Crippen LogP contribution in [0.5, 0.6) is 5.75 Å². The predicted molar refractivity (Wildman–Crippen MR) is 87.6 cm³/mol. The zero-order valence-electron chi connectivity index (χ0n) is 14.0. The van der Waals surface area contributed by atoms with E-state index in [0.29, 0.717) is 5.92 Å². The Balaban J connectivity index is 2.73. The van der Waals surface area contributed by atoms with Gasteiger partial charge in [-0.3, -0.25) is 0 Å². The van der Waals surface area contributed by atoms with Crippen molar-refractivity contribution in [2.45, 2.75) is 59.5 Å². The van der Waals surface area contributed by atoms with Crippen molar-refractivity contribution in [3.63, 3.8) is 0 Å². The summed E-state index contributed by atoms with van der Waals surface area (Å²) in [6.07, 6.45) is 1.38. The Morgan fingerprint density at radius 3 is 2.45 bits per heavy atom. The van der Waals surface area contributed by atoms with E-state index in [1.165, 1.54) is 5.56 Å². The van der Waals surface area contributed by atoms with Gasteiger partial charge in [0.15, 0.2) is 0 Å². The van der Waals surface area contributed by atoms with Crippen molar-refractivity contribution in [2.75, 3.05) is 13.1 Å². The summed E-state index contributed by atoms with van der Waals surface area (Å²) >= 11 is 0. The molecule has 0 aliphatic carbocycles. The summed E-state index contributed by atoms with van der Waals surface area (Å²) in [5, 5.41) is 3.46. The minimum atomic E-state index is 0.160. The van der Waals surface area contributed by atoms with Crippen LogP contribution in [0, 0.1) is 5.92 Å². The molecule has 1 aromatic carbocycles. The summed E-state index contributed by atoms with van der Waals surface area (Å²) in [6.45, 7) is 15.3. The van der Waals surface area contributed by atoms with Gasteiger partial charge in [-0.15, -0.1) is 0 Å². The highest BCUT2D eigenvalue weighted by molar-refractivity contribution is 5.32. The van der Waals surface area contributed by atoms with Crippen LogP contribution >= 0.6 is 0 Å². The molecule has 0 aromatic heterocycles. The van der Waals surface area contributed by atoms with Gasteiger partial charge in [-0.2, -0.15) is 0 Å². The maximum absolute atomic E-state index is 6.20. The largest absolute Gasteiger partial charge is 0.489 e. The molecular formula is C18H31NO. The lowest BCUT2D eigenvalue weighted by Crippen LogP contribution is -2.35. The van der Waals surface area contributed by atoms with Gasteiger partial charge >= 0.3 is 0 Å². The summed E-state index contributed by atoms with van der Waals surface area (Å²) in [7, 11) is 0. The second kappa shape index (κ2) is 7.68. The average Bonchev–Trinajstić information content (AvgIpc) is 2.37. The van der Waals surface area contributed by atoms with E-state index in [1.807, 2.05) is 0 Å². The van der Waals surface area contributed by atoms with Crippen LogP contribution in [0.3, 0.4) is 0 Å². The second-order valence-corrected chi connectivity index (χ2v) is 6.88. The highest BCUT2D eigenvalue weighted by atomic mass is 16.5. The summed E-state index contributed by atoms with van der Waals surface area (Å²) in [5.74, 6) is 1.48. The van der Waals surface area contributed by atoms with Gasteiger partial charge in [-0.05, 0) is 42.0 Å². The molecule has 1 aromatic rings. The number of nitrogens with one attached hydrogen (secondary N) is 1. The Labute approximate surface area is 124 Å². The molecule has 1 atom stereocenters. The van der Waals surface area contributed by atoms with Gasteiger partial charge in [0.25, 0.3) is 0 Å². The van der Waals surface area contributed by atoms with Crippen LogP contribution in [-0.2, 0) is 5.41 Å². The standard InChI is InChI=1S/C18H31NO/c1-7-11-19-13-17(14(2)3)20-16-10-8-9-15(12-16)18(4,5)6/h8-10,12,14,17,19H,7,11,13H2,1-6H3. The van der Waals surface area contributed by atoms with E-state index >= 15 is 0 Å². The number of hydrogen-bond donors (Lipinski definition) is 1. The van der Waals surface area contributed by atoms with Gasteiger partial charge < -0.3 is 10.1 Å². The van der Waals surface area contributed by atoms with Gasteiger partial charge in [0.1, 0.15) is 11.9 Å². The van der Waals surface area contributed by atoms with E-state index in [0.717, 1.165) is 25.3 Å². The molecule has 0 amide bonds. The Morgan fingerprint density at radius 2 is 1.90 bits per heavy atom. The quantitative estimate of drug-likeness (QED) is 0.746. The summed E-state index contributed by atoms with van der Waals surface area (Å²) in [5.41, 5.74) is 1.48. The first-order valence-corrected chi connectivity index (χ1v) is 7.82. The van der Waals surface area contributed by atoms with Crippen LogP contribution in [0.1, 0.15) is 53.5 Å². The van der Waals surface area contributed by atoms with Crippen molar-refractivity contribution in [3.8, 4) is 5.75 Å². The Bertz CT molecular complexity index is 393. The zero-order chi connectivity index (χ0) is 15.2. The lowest BCUT2D eigenvalue weighted by Gasteiger charge is -2.25. The molecule has 0 fully saturated rings. The lowest BCUT2D eigenvalue weighted by atomic mass is 9.87. The third-order valence-electron chi connectivity index (χ3n) is 3.50. The Hall–Kier alpha value is -1.02. The van der Waals surface area contributed by atoms with Gasteiger partial charge in [0.2, 0.25) is 0 Å². The Morgan fingerprint density at radius 1 is 1.20 bits per heavy atom. The number of ether oxygens (including phenoxy) is 1. The first-order valence-electron chi connectivity index (χ1n) is 7.82. The normalized spacial score (nSPS) is 13.6. The molecule has 0 bridgehead atoms. The summed E-state index contributed by atoms with van der Waals surface area (Å²) in [4.78, 5) is 0. The molecule has 0 saturated heterocycles. The molecule has 0 saturated carbocycles. The molecule has 0 aliphatic heterocycles. The molecule has 1 N–H and O–H groups in total. The zero-order valence-corrected chi connectivity index (χ0v) is 14.0. The van der Waals surface area contributed by atoms with E-state index in [1.54, 1.807) is 0 Å². The first kappa shape index (κ1) is 17.0. The molecule has 0 radical (unpaired) electrons. The molecule has 2 nitrogen and oxygen atoms in total. The minimum Gasteiger partial charge on any atom is -0.489 e. The molecule has 114 valence electrons. The minimum absolute atomic E-state index is 0.160. The smallest absolute Gasteiger partial charge is 0.120 e. The topological polar surface area (TPSA) is 21.3 Å². The van der Waals surface area contributed by atoms with Crippen molar-refractivity contribution in [3.05, 3.63) is 29.8 Å². The van der Waals surface area contributed by atoms with Crippen LogP contribution in [0.15, 0.2) is 24.3 Å². The summed E-state index contributed by atoms with van der Waals surface area (Å²) in [6, 6.07) is 8.50. The fourth-order valence-electron chi connectivity index (χ4n) is 2.05. The van der Waals surface area contributed by atoms with Crippen molar-refractivity contribution >= 4 is 0 Å². The molecule has 0 heterocycles. The highest BCUT2D eigenvalue weighted by Gasteiger charge is 2.17. The molecule has 2 heteroatoms. The third kappa shape index (κ3) is 5.54. The van der Waals surface area contributed by atoms with E-state index < -0.39 is 0 Å². The van der Waals surface area contributed by atoms with Crippen LogP contribution in [0.25, 0.3) is 0 Å². The molecule has 0 spiro atoms. The maximum Gasteiger partial charge on any atom is 0.120 e. The van der Waals surface area contributed by atoms with E-state index in [2.05, 4.69) is 71.1 Å². The van der Waals surface area contributed by atoms with Gasteiger partial charge in [-0.25, -0.2) is 0 Å². The fourth-order valence-corrected chi connectivity index (χ4v) is 2.05. The van der Waals surface area contributed by atoms with Crippen LogP contribution in [0.2, 0.25) is 0 Å². The molecule has 1 unspecified atom stereocenters. The van der Waals surface area contributed by atoms with Crippen molar-refractivity contribution in [1.29, 1.82) is 0 Å². The SMILES string of the molecule is CCCNCC(Oc1cccc(C(C)(C)C)c1)C(C)C. The first-order chi connectivity index (χ1) is 9.34. The second-order valence-electron chi connectivity index (χ2n) is 6.88. The van der Waals surface area contributed by atoms with Crippen molar-refractivity contribution in [2.24, 2.45) is 5.92 Å². The van der Waals surface area contributed by atoms with Crippen molar-refractivity contribution < 1.29 is 4.74 Å². The van der Waals surface area contributed by atoms with Crippen molar-refractivity contribution in [1.82, 2.24) is 5.32 Å². The number of rotatable bonds is 7. The summed E-state index contributed by atoms with van der Waals surface area (Å²) < 4.78 is 6.20. The van der Waals surface area contributed by atoms with Crippen LogP contribution < -0.4 is 10.1 Å². The lowest BCUT2D eigenvalue weighted by molar-refractivity contribution is 0.149. The van der Waals surface area contributed by atoms with E-state index in [9.17, 15) is 0 Å². The number of hydrogen-bond acceptors (Lipinski definition) is 2. The molecular weight excluding hydrogens is 246 g/mol. The van der Waals surface area contributed by atoms with Gasteiger partial charge in [-0.1, -0.05) is 53.7 Å². The van der Waals surface area contributed by atoms with Crippen LogP contribution in [-0.4, -0.2) is 19.2 Å². The molecule has 0 aliphatic rings.